The van der Waals surface area contributed by atoms with Crippen molar-refractivity contribution in [3.63, 3.8) is 0 Å². The highest BCUT2D eigenvalue weighted by atomic mass is 19.1. The summed E-state index contributed by atoms with van der Waals surface area (Å²) in [5.41, 5.74) is 8.87. The number of amides is 2. The largest absolute Gasteiger partial charge is 0.448 e. The van der Waals surface area contributed by atoms with E-state index in [-0.39, 0.29) is 13.2 Å². The summed E-state index contributed by atoms with van der Waals surface area (Å²) < 4.78 is 30.7. The molecule has 0 radical (unpaired) electrons. The topological polar surface area (TPSA) is 107 Å². The molecule has 0 unspecified atom stereocenters. The smallest absolute Gasteiger partial charge is 0.404 e. The zero-order chi connectivity index (χ0) is 13.7. The molecule has 0 aliphatic carbocycles. The second-order valence-corrected chi connectivity index (χ2v) is 3.28. The van der Waals surface area contributed by atoms with Gasteiger partial charge in [0.25, 0.3) is 5.91 Å². The van der Waals surface area contributed by atoms with Crippen LogP contribution < -0.4 is 16.8 Å². The average Bonchev–Trinajstić information content (AvgIpc) is 2.28. The van der Waals surface area contributed by atoms with Crippen LogP contribution in [0, 0.1) is 11.6 Å². The van der Waals surface area contributed by atoms with Crippen molar-refractivity contribution in [3.05, 3.63) is 29.3 Å². The van der Waals surface area contributed by atoms with Gasteiger partial charge in [-0.05, 0) is 12.1 Å². The van der Waals surface area contributed by atoms with Gasteiger partial charge < -0.3 is 21.5 Å². The Morgan fingerprint density at radius 1 is 1.33 bits per heavy atom. The van der Waals surface area contributed by atoms with E-state index in [1.54, 1.807) is 0 Å². The van der Waals surface area contributed by atoms with E-state index < -0.39 is 34.9 Å². The lowest BCUT2D eigenvalue weighted by molar-refractivity contribution is 0.0932. The number of carbonyl (C=O) groups excluding carboxylic acids is 2. The van der Waals surface area contributed by atoms with Crippen LogP contribution in [0.25, 0.3) is 0 Å². The van der Waals surface area contributed by atoms with Gasteiger partial charge in [-0.3, -0.25) is 4.79 Å². The molecule has 1 aromatic rings. The maximum atomic E-state index is 13.4. The first-order valence-corrected chi connectivity index (χ1v) is 4.86. The van der Waals surface area contributed by atoms with Gasteiger partial charge in [0.1, 0.15) is 12.4 Å². The molecule has 1 aromatic carbocycles. The zero-order valence-corrected chi connectivity index (χ0v) is 9.20. The number of nitrogens with one attached hydrogen (secondary N) is 1. The number of hydrogen-bond donors (Lipinski definition) is 3. The van der Waals surface area contributed by atoms with Crippen LogP contribution in [-0.2, 0) is 4.74 Å². The van der Waals surface area contributed by atoms with Crippen LogP contribution in [0.5, 0.6) is 0 Å². The van der Waals surface area contributed by atoms with Crippen molar-refractivity contribution >= 4 is 17.7 Å². The number of primary amides is 1. The average molecular weight is 259 g/mol. The fraction of sp³-hybridized carbons (Fsp3) is 0.200. The number of rotatable bonds is 4. The van der Waals surface area contributed by atoms with E-state index in [1.165, 1.54) is 0 Å². The Kier molecular flexibility index (Phi) is 4.41. The Labute approximate surface area is 101 Å². The van der Waals surface area contributed by atoms with Crippen molar-refractivity contribution in [2.24, 2.45) is 5.73 Å². The molecule has 8 heteroatoms. The molecule has 0 aliphatic heterocycles. The second-order valence-electron chi connectivity index (χ2n) is 3.28. The molecule has 0 saturated heterocycles. The van der Waals surface area contributed by atoms with Gasteiger partial charge in [0.15, 0.2) is 5.82 Å². The number of hydrogen-bond acceptors (Lipinski definition) is 4. The van der Waals surface area contributed by atoms with E-state index in [9.17, 15) is 18.4 Å². The third-order valence-corrected chi connectivity index (χ3v) is 1.94. The standard InChI is InChI=1S/C10H11F2N3O3/c11-5-3-6(8(12)7(13)4-5)9(16)15-1-2-18-10(14)17/h3-4H,1-2,13H2,(H2,14,17)(H,15,16). The van der Waals surface area contributed by atoms with E-state index >= 15 is 0 Å². The molecule has 5 N–H and O–H groups in total. The minimum Gasteiger partial charge on any atom is -0.448 e. The Morgan fingerprint density at radius 2 is 2.00 bits per heavy atom. The molecule has 0 aliphatic rings. The van der Waals surface area contributed by atoms with Gasteiger partial charge in [0.2, 0.25) is 0 Å². The molecule has 0 bridgehead atoms. The molecule has 0 atom stereocenters. The van der Waals surface area contributed by atoms with Crippen molar-refractivity contribution in [1.82, 2.24) is 5.32 Å². The lowest BCUT2D eigenvalue weighted by atomic mass is 10.1. The molecule has 0 heterocycles. The van der Waals surface area contributed by atoms with Crippen LogP contribution in [0.15, 0.2) is 12.1 Å². The molecular formula is C10H11F2N3O3. The van der Waals surface area contributed by atoms with Crippen LogP contribution in [0.3, 0.4) is 0 Å². The van der Waals surface area contributed by atoms with Crippen LogP contribution in [0.4, 0.5) is 19.3 Å². The predicted octanol–water partition coefficient (Wildman–Crippen LogP) is 0.372. The van der Waals surface area contributed by atoms with Crippen LogP contribution >= 0.6 is 0 Å². The minimum absolute atomic E-state index is 0.0857. The van der Waals surface area contributed by atoms with E-state index in [1.807, 2.05) is 0 Å². The summed E-state index contributed by atoms with van der Waals surface area (Å²) in [5.74, 6) is -2.70. The van der Waals surface area contributed by atoms with Crippen LogP contribution in [0.2, 0.25) is 0 Å². The SMILES string of the molecule is NC(=O)OCCNC(=O)c1cc(F)cc(N)c1F. The molecule has 0 aromatic heterocycles. The Morgan fingerprint density at radius 3 is 2.61 bits per heavy atom. The van der Waals surface area contributed by atoms with E-state index in [2.05, 4.69) is 15.8 Å². The summed E-state index contributed by atoms with van der Waals surface area (Å²) in [6, 6.07) is 1.48. The number of ether oxygens (including phenoxy) is 1. The van der Waals surface area contributed by atoms with Gasteiger partial charge in [-0.15, -0.1) is 0 Å². The number of nitrogens with two attached hydrogens (primary N) is 2. The van der Waals surface area contributed by atoms with Gasteiger partial charge in [0.05, 0.1) is 17.8 Å². The highest BCUT2D eigenvalue weighted by Gasteiger charge is 2.15. The van der Waals surface area contributed by atoms with Gasteiger partial charge in [-0.2, -0.15) is 0 Å². The number of halogens is 2. The monoisotopic (exact) mass is 259 g/mol. The van der Waals surface area contributed by atoms with E-state index in [0.717, 1.165) is 12.1 Å². The lowest BCUT2D eigenvalue weighted by Gasteiger charge is -2.07. The Balaban J connectivity index is 2.64. The highest BCUT2D eigenvalue weighted by molar-refractivity contribution is 5.95. The molecule has 0 saturated carbocycles. The third kappa shape index (κ3) is 3.58. The number of benzene rings is 1. The van der Waals surface area contributed by atoms with E-state index in [0.29, 0.717) is 0 Å². The van der Waals surface area contributed by atoms with Crippen molar-refractivity contribution in [2.75, 3.05) is 18.9 Å². The van der Waals surface area contributed by atoms with Crippen molar-refractivity contribution in [3.8, 4) is 0 Å². The Bertz CT molecular complexity index is 480. The fourth-order valence-electron chi connectivity index (χ4n) is 1.19. The van der Waals surface area contributed by atoms with Crippen molar-refractivity contribution in [2.45, 2.75) is 0 Å². The third-order valence-electron chi connectivity index (χ3n) is 1.94. The Hall–Kier alpha value is -2.38. The number of anilines is 1. The van der Waals surface area contributed by atoms with Crippen LogP contribution in [0.1, 0.15) is 10.4 Å². The maximum absolute atomic E-state index is 13.4. The second kappa shape index (κ2) is 5.80. The maximum Gasteiger partial charge on any atom is 0.404 e. The zero-order valence-electron chi connectivity index (χ0n) is 9.20. The summed E-state index contributed by atoms with van der Waals surface area (Å²) >= 11 is 0. The fourth-order valence-corrected chi connectivity index (χ4v) is 1.19. The summed E-state index contributed by atoms with van der Waals surface area (Å²) in [7, 11) is 0. The molecule has 0 spiro atoms. The molecule has 18 heavy (non-hydrogen) atoms. The molecule has 2 amide bonds. The van der Waals surface area contributed by atoms with Gasteiger partial charge in [-0.1, -0.05) is 0 Å². The number of carbonyl (C=O) groups is 2. The summed E-state index contributed by atoms with van der Waals surface area (Å²) in [4.78, 5) is 21.7. The molecule has 6 nitrogen and oxygen atoms in total. The quantitative estimate of drug-likeness (QED) is 0.536. The summed E-state index contributed by atoms with van der Waals surface area (Å²) in [6.45, 7) is -0.259. The van der Waals surface area contributed by atoms with Crippen molar-refractivity contribution in [1.29, 1.82) is 0 Å². The van der Waals surface area contributed by atoms with Crippen molar-refractivity contribution < 1.29 is 23.1 Å². The molecule has 98 valence electrons. The molecular weight excluding hydrogens is 248 g/mol. The summed E-state index contributed by atoms with van der Waals surface area (Å²) in [5, 5.41) is 2.22. The summed E-state index contributed by atoms with van der Waals surface area (Å²) in [6.07, 6.45) is -0.995. The first-order chi connectivity index (χ1) is 8.41. The first kappa shape index (κ1) is 13.7. The van der Waals surface area contributed by atoms with Gasteiger partial charge in [0, 0.05) is 0 Å². The van der Waals surface area contributed by atoms with Crippen LogP contribution in [-0.4, -0.2) is 25.2 Å². The van der Waals surface area contributed by atoms with Gasteiger partial charge >= 0.3 is 6.09 Å². The lowest BCUT2D eigenvalue weighted by Crippen LogP contribution is -2.29. The highest BCUT2D eigenvalue weighted by Crippen LogP contribution is 2.17. The molecule has 0 fully saturated rings. The number of nitrogen functional groups attached to an aromatic ring is 1. The minimum atomic E-state index is -1.01. The predicted molar refractivity (Wildman–Crippen MR) is 58.6 cm³/mol. The van der Waals surface area contributed by atoms with E-state index in [4.69, 9.17) is 5.73 Å². The normalized spacial score (nSPS) is 9.89. The molecule has 1 rings (SSSR count). The first-order valence-electron chi connectivity index (χ1n) is 4.86. The van der Waals surface area contributed by atoms with Gasteiger partial charge in [-0.25, -0.2) is 13.6 Å².